The molecular formula is C15H19FN4O. The highest BCUT2D eigenvalue weighted by atomic mass is 19.1. The van der Waals surface area contributed by atoms with E-state index in [1.165, 1.54) is 0 Å². The normalized spacial score (nSPS) is 12.2. The number of aromatic nitrogens is 2. The van der Waals surface area contributed by atoms with Gasteiger partial charge in [0.2, 0.25) is 5.91 Å². The lowest BCUT2D eigenvalue weighted by atomic mass is 10.1. The van der Waals surface area contributed by atoms with Crippen molar-refractivity contribution in [3.8, 4) is 0 Å². The number of carbonyl (C=O) groups is 1. The van der Waals surface area contributed by atoms with Crippen LogP contribution in [0.25, 0.3) is 0 Å². The monoisotopic (exact) mass is 290 g/mol. The van der Waals surface area contributed by atoms with Gasteiger partial charge in [-0.15, -0.1) is 0 Å². The number of carbonyl (C=O) groups excluding carboxylic acids is 1. The molecule has 2 aromatic rings. The predicted octanol–water partition coefficient (Wildman–Crippen LogP) is 1.49. The number of aryl methyl sites for hydroxylation is 3. The van der Waals surface area contributed by atoms with Crippen molar-refractivity contribution >= 4 is 5.91 Å². The van der Waals surface area contributed by atoms with Crippen molar-refractivity contribution < 1.29 is 9.18 Å². The van der Waals surface area contributed by atoms with Crippen LogP contribution in [0.1, 0.15) is 28.3 Å². The van der Waals surface area contributed by atoms with Crippen molar-refractivity contribution in [2.45, 2.75) is 26.4 Å². The Labute approximate surface area is 123 Å². The molecule has 0 radical (unpaired) electrons. The summed E-state index contributed by atoms with van der Waals surface area (Å²) in [6.45, 7) is 3.72. The summed E-state index contributed by atoms with van der Waals surface area (Å²) in [4.78, 5) is 12.0. The molecule has 6 heteroatoms. The lowest BCUT2D eigenvalue weighted by molar-refractivity contribution is -0.122. The van der Waals surface area contributed by atoms with Crippen LogP contribution >= 0.6 is 0 Å². The Morgan fingerprint density at radius 3 is 2.57 bits per heavy atom. The second-order valence-electron chi connectivity index (χ2n) is 5.19. The zero-order valence-electron chi connectivity index (χ0n) is 12.4. The van der Waals surface area contributed by atoms with E-state index < -0.39 is 6.04 Å². The van der Waals surface area contributed by atoms with Crippen LogP contribution in [0.5, 0.6) is 0 Å². The molecule has 0 aliphatic carbocycles. The summed E-state index contributed by atoms with van der Waals surface area (Å²) in [5.74, 6) is -0.500. The first-order valence-corrected chi connectivity index (χ1v) is 6.66. The van der Waals surface area contributed by atoms with E-state index in [4.69, 9.17) is 5.73 Å². The van der Waals surface area contributed by atoms with E-state index in [9.17, 15) is 9.18 Å². The molecule has 0 aliphatic rings. The number of rotatable bonds is 4. The van der Waals surface area contributed by atoms with Gasteiger partial charge in [-0.2, -0.15) is 5.10 Å². The Kier molecular flexibility index (Phi) is 4.37. The minimum absolute atomic E-state index is 0.211. The van der Waals surface area contributed by atoms with Crippen LogP contribution in [0.3, 0.4) is 0 Å². The number of nitrogens with one attached hydrogen (secondary N) is 1. The first-order chi connectivity index (χ1) is 9.88. The summed E-state index contributed by atoms with van der Waals surface area (Å²) >= 11 is 0. The quantitative estimate of drug-likeness (QED) is 0.896. The number of nitrogens with zero attached hydrogens (tertiary/aromatic N) is 2. The van der Waals surface area contributed by atoms with E-state index in [0.29, 0.717) is 23.2 Å². The molecule has 1 heterocycles. The van der Waals surface area contributed by atoms with Crippen LogP contribution in [0.4, 0.5) is 4.39 Å². The lowest BCUT2D eigenvalue weighted by Gasteiger charge is -2.12. The van der Waals surface area contributed by atoms with E-state index in [-0.39, 0.29) is 11.7 Å². The van der Waals surface area contributed by atoms with Gasteiger partial charge in [0.25, 0.3) is 0 Å². The maximum absolute atomic E-state index is 13.5. The highest BCUT2D eigenvalue weighted by molar-refractivity contribution is 5.82. The molecule has 112 valence electrons. The van der Waals surface area contributed by atoms with Crippen LogP contribution < -0.4 is 11.1 Å². The molecule has 5 nitrogen and oxygen atoms in total. The largest absolute Gasteiger partial charge is 0.350 e. The van der Waals surface area contributed by atoms with Crippen molar-refractivity contribution in [2.75, 3.05) is 0 Å². The number of hydrogen-bond acceptors (Lipinski definition) is 3. The van der Waals surface area contributed by atoms with Crippen molar-refractivity contribution in [1.82, 2.24) is 15.1 Å². The lowest BCUT2D eigenvalue weighted by Crippen LogP contribution is -2.33. The molecule has 0 saturated heterocycles. The summed E-state index contributed by atoms with van der Waals surface area (Å²) in [6.07, 6.45) is 3.27. The SMILES string of the molecule is Cc1cc(CNC(=O)C(N)c2cnn(C)c2)cc(C)c1F. The first-order valence-electron chi connectivity index (χ1n) is 6.66. The highest BCUT2D eigenvalue weighted by Gasteiger charge is 2.17. The van der Waals surface area contributed by atoms with Gasteiger partial charge < -0.3 is 11.1 Å². The van der Waals surface area contributed by atoms with Gasteiger partial charge in [-0.05, 0) is 30.5 Å². The number of amides is 1. The molecule has 0 aliphatic heterocycles. The number of nitrogens with two attached hydrogens (primary N) is 1. The summed E-state index contributed by atoms with van der Waals surface area (Å²) < 4.78 is 15.1. The molecule has 0 spiro atoms. The molecule has 2 rings (SSSR count). The Balaban J connectivity index is 2.01. The zero-order valence-corrected chi connectivity index (χ0v) is 12.4. The van der Waals surface area contributed by atoms with Gasteiger partial charge in [-0.1, -0.05) is 12.1 Å². The Morgan fingerprint density at radius 2 is 2.05 bits per heavy atom. The fourth-order valence-electron chi connectivity index (χ4n) is 2.19. The van der Waals surface area contributed by atoms with E-state index in [0.717, 1.165) is 5.56 Å². The molecular weight excluding hydrogens is 271 g/mol. The number of benzene rings is 1. The minimum Gasteiger partial charge on any atom is -0.350 e. The summed E-state index contributed by atoms with van der Waals surface area (Å²) in [7, 11) is 1.76. The Hall–Kier alpha value is -2.21. The van der Waals surface area contributed by atoms with Crippen LogP contribution in [0, 0.1) is 19.7 Å². The molecule has 1 amide bonds. The third kappa shape index (κ3) is 3.46. The first kappa shape index (κ1) is 15.2. The second kappa shape index (κ2) is 6.05. The average molecular weight is 290 g/mol. The smallest absolute Gasteiger partial charge is 0.241 e. The van der Waals surface area contributed by atoms with Gasteiger partial charge in [-0.25, -0.2) is 4.39 Å². The van der Waals surface area contributed by atoms with Crippen LogP contribution in [-0.4, -0.2) is 15.7 Å². The molecule has 0 bridgehead atoms. The van der Waals surface area contributed by atoms with Gasteiger partial charge in [0.1, 0.15) is 11.9 Å². The highest BCUT2D eigenvalue weighted by Crippen LogP contribution is 2.15. The van der Waals surface area contributed by atoms with Crippen LogP contribution in [0.15, 0.2) is 24.5 Å². The van der Waals surface area contributed by atoms with Crippen LogP contribution in [0.2, 0.25) is 0 Å². The van der Waals surface area contributed by atoms with Crippen molar-refractivity contribution in [3.05, 3.63) is 52.6 Å². The van der Waals surface area contributed by atoms with Crippen molar-refractivity contribution in [3.63, 3.8) is 0 Å². The van der Waals surface area contributed by atoms with E-state index in [1.54, 1.807) is 50.1 Å². The molecule has 0 fully saturated rings. The molecule has 0 saturated carbocycles. The Bertz CT molecular complexity index is 642. The number of halogens is 1. The molecule has 1 unspecified atom stereocenters. The fourth-order valence-corrected chi connectivity index (χ4v) is 2.19. The van der Waals surface area contributed by atoms with Crippen molar-refractivity contribution in [1.29, 1.82) is 0 Å². The van der Waals surface area contributed by atoms with Crippen LogP contribution in [-0.2, 0) is 18.4 Å². The minimum atomic E-state index is -0.763. The van der Waals surface area contributed by atoms with Gasteiger partial charge in [-0.3, -0.25) is 9.48 Å². The predicted molar refractivity (Wildman–Crippen MR) is 77.9 cm³/mol. The molecule has 1 atom stereocenters. The summed E-state index contributed by atoms with van der Waals surface area (Å²) in [5, 5.41) is 6.74. The van der Waals surface area contributed by atoms with E-state index in [1.807, 2.05) is 0 Å². The number of hydrogen-bond donors (Lipinski definition) is 2. The molecule has 1 aromatic heterocycles. The van der Waals surface area contributed by atoms with Gasteiger partial charge in [0.15, 0.2) is 0 Å². The second-order valence-corrected chi connectivity index (χ2v) is 5.19. The molecule has 3 N–H and O–H groups in total. The molecule has 21 heavy (non-hydrogen) atoms. The maximum Gasteiger partial charge on any atom is 0.241 e. The Morgan fingerprint density at radius 1 is 1.43 bits per heavy atom. The van der Waals surface area contributed by atoms with Gasteiger partial charge in [0, 0.05) is 25.4 Å². The standard InChI is InChI=1S/C15H19FN4O/c1-9-4-11(5-10(2)13(9)16)6-18-15(21)14(17)12-7-19-20(3)8-12/h4-5,7-8,14H,6,17H2,1-3H3,(H,18,21). The topological polar surface area (TPSA) is 72.9 Å². The average Bonchev–Trinajstić information content (AvgIpc) is 2.87. The van der Waals surface area contributed by atoms with Gasteiger partial charge in [0.05, 0.1) is 6.20 Å². The van der Waals surface area contributed by atoms with Crippen molar-refractivity contribution in [2.24, 2.45) is 12.8 Å². The summed E-state index contributed by atoms with van der Waals surface area (Å²) in [5.41, 5.74) is 8.51. The fraction of sp³-hybridized carbons (Fsp3) is 0.333. The van der Waals surface area contributed by atoms with E-state index in [2.05, 4.69) is 10.4 Å². The third-order valence-electron chi connectivity index (χ3n) is 3.33. The molecule has 1 aromatic carbocycles. The van der Waals surface area contributed by atoms with E-state index >= 15 is 0 Å². The zero-order chi connectivity index (χ0) is 15.6. The summed E-state index contributed by atoms with van der Waals surface area (Å²) in [6, 6.07) is 2.68. The maximum atomic E-state index is 13.5. The van der Waals surface area contributed by atoms with Gasteiger partial charge >= 0.3 is 0 Å². The third-order valence-corrected chi connectivity index (χ3v) is 3.33.